The third-order valence-corrected chi connectivity index (χ3v) is 6.64. The Morgan fingerprint density at radius 1 is 1.22 bits per heavy atom. The van der Waals surface area contributed by atoms with E-state index in [2.05, 4.69) is 0 Å². The van der Waals surface area contributed by atoms with Gasteiger partial charge < -0.3 is 0 Å². The number of hydrogen-bond donors (Lipinski definition) is 0. The van der Waals surface area contributed by atoms with Gasteiger partial charge in [-0.3, -0.25) is 0 Å². The van der Waals surface area contributed by atoms with Gasteiger partial charge in [-0.1, -0.05) is 41.4 Å². The van der Waals surface area contributed by atoms with Crippen LogP contribution in [0.5, 0.6) is 0 Å². The second-order valence-corrected chi connectivity index (χ2v) is 9.46. The highest BCUT2D eigenvalue weighted by molar-refractivity contribution is 8.16. The molecular formula is C9H9Cl4NO2S2. The lowest BCUT2D eigenvalue weighted by Gasteiger charge is -2.28. The topological polar surface area (TPSA) is 37.4 Å². The van der Waals surface area contributed by atoms with Crippen LogP contribution >= 0.6 is 58.4 Å². The van der Waals surface area contributed by atoms with Crippen LogP contribution in [0.4, 0.5) is 5.69 Å². The molecule has 0 heterocycles. The highest BCUT2D eigenvalue weighted by Crippen LogP contribution is 2.46. The van der Waals surface area contributed by atoms with Crippen molar-refractivity contribution in [1.29, 1.82) is 0 Å². The molecule has 102 valence electrons. The molecule has 0 radical (unpaired) electrons. The lowest BCUT2D eigenvalue weighted by atomic mass is 10.3. The Morgan fingerprint density at radius 2 is 1.72 bits per heavy atom. The number of para-hydroxylation sites is 1. The van der Waals surface area contributed by atoms with Crippen molar-refractivity contribution in [3.05, 3.63) is 30.3 Å². The summed E-state index contributed by atoms with van der Waals surface area (Å²) < 4.78 is 22.8. The number of nitrogens with zero attached hydrogens (tertiary/aromatic N) is 1. The first-order valence-electron chi connectivity index (χ1n) is 4.55. The number of anilines is 1. The van der Waals surface area contributed by atoms with Crippen molar-refractivity contribution in [3.8, 4) is 0 Å². The lowest BCUT2D eigenvalue weighted by Crippen LogP contribution is -2.30. The minimum atomic E-state index is -3.57. The first-order chi connectivity index (χ1) is 8.14. The SMILES string of the molecule is CS(=O)(=O)N(SC(Cl)(Cl)C(Cl)Cl)c1ccccc1. The summed E-state index contributed by atoms with van der Waals surface area (Å²) in [5.74, 6) is 0. The van der Waals surface area contributed by atoms with Gasteiger partial charge in [0.05, 0.1) is 11.9 Å². The minimum absolute atomic E-state index is 0.407. The molecule has 0 spiro atoms. The van der Waals surface area contributed by atoms with Crippen molar-refractivity contribution in [1.82, 2.24) is 0 Å². The maximum atomic E-state index is 11.7. The number of benzene rings is 1. The Hall–Kier alpha value is 0.480. The van der Waals surface area contributed by atoms with Crippen LogP contribution in [0.3, 0.4) is 0 Å². The molecule has 0 unspecified atom stereocenters. The molecule has 18 heavy (non-hydrogen) atoms. The van der Waals surface area contributed by atoms with Gasteiger partial charge in [-0.05, 0) is 12.1 Å². The highest BCUT2D eigenvalue weighted by Gasteiger charge is 2.38. The molecule has 0 atom stereocenters. The fraction of sp³-hybridized carbons (Fsp3) is 0.333. The summed E-state index contributed by atoms with van der Waals surface area (Å²) in [6.45, 7) is 0. The number of alkyl halides is 4. The van der Waals surface area contributed by atoms with E-state index in [9.17, 15) is 8.42 Å². The van der Waals surface area contributed by atoms with Crippen molar-refractivity contribution in [2.45, 2.75) is 8.50 Å². The molecule has 1 aromatic carbocycles. The van der Waals surface area contributed by atoms with Crippen molar-refractivity contribution < 1.29 is 8.42 Å². The molecule has 0 amide bonds. The summed E-state index contributed by atoms with van der Waals surface area (Å²) in [5, 5.41) is 0. The largest absolute Gasteiger partial charge is 0.241 e. The Bertz CT molecular complexity index is 493. The lowest BCUT2D eigenvalue weighted by molar-refractivity contribution is 0.604. The van der Waals surface area contributed by atoms with E-state index >= 15 is 0 Å². The predicted octanol–water partition coefficient (Wildman–Crippen LogP) is 4.04. The fourth-order valence-corrected chi connectivity index (χ4v) is 3.84. The molecular weight excluding hydrogens is 360 g/mol. The van der Waals surface area contributed by atoms with Gasteiger partial charge in [0.2, 0.25) is 13.7 Å². The summed E-state index contributed by atoms with van der Waals surface area (Å²) in [6, 6.07) is 8.36. The van der Waals surface area contributed by atoms with E-state index < -0.39 is 18.5 Å². The Kier molecular flexibility index (Phi) is 5.77. The summed E-state index contributed by atoms with van der Waals surface area (Å²) >= 11 is 23.6. The number of halogens is 4. The van der Waals surface area contributed by atoms with Crippen LogP contribution in [0.2, 0.25) is 0 Å². The molecule has 3 nitrogen and oxygen atoms in total. The molecule has 0 saturated carbocycles. The van der Waals surface area contributed by atoms with Crippen molar-refractivity contribution >= 4 is 74.1 Å². The second kappa shape index (κ2) is 6.29. The van der Waals surface area contributed by atoms with E-state index in [1.54, 1.807) is 30.3 Å². The van der Waals surface area contributed by atoms with E-state index in [4.69, 9.17) is 46.4 Å². The van der Waals surface area contributed by atoms with Crippen LogP contribution in [-0.2, 0) is 10.0 Å². The normalized spacial score (nSPS) is 12.8. The van der Waals surface area contributed by atoms with Gasteiger partial charge in [0.25, 0.3) is 0 Å². The molecule has 0 fully saturated rings. The number of sulfonamides is 1. The molecule has 9 heteroatoms. The van der Waals surface area contributed by atoms with E-state index in [1.165, 1.54) is 0 Å². The zero-order chi connectivity index (χ0) is 14.0. The van der Waals surface area contributed by atoms with E-state index in [0.717, 1.165) is 9.97 Å². The van der Waals surface area contributed by atoms with Gasteiger partial charge in [0.1, 0.15) is 0 Å². The summed E-state index contributed by atoms with van der Waals surface area (Å²) in [5.41, 5.74) is 0.407. The van der Waals surface area contributed by atoms with Gasteiger partial charge in [-0.25, -0.2) is 12.1 Å². The van der Waals surface area contributed by atoms with Gasteiger partial charge in [-0.15, -0.1) is 23.2 Å². The molecule has 1 rings (SSSR count). The first-order valence-corrected chi connectivity index (χ1v) is 8.80. The molecule has 0 aliphatic heterocycles. The summed E-state index contributed by atoms with van der Waals surface area (Å²) in [7, 11) is -3.57. The predicted molar refractivity (Wildman–Crippen MR) is 81.3 cm³/mol. The van der Waals surface area contributed by atoms with Crippen LogP contribution in [0.25, 0.3) is 0 Å². The zero-order valence-corrected chi connectivity index (χ0v) is 13.7. The van der Waals surface area contributed by atoms with Crippen LogP contribution < -0.4 is 3.71 Å². The van der Waals surface area contributed by atoms with Crippen molar-refractivity contribution in [2.24, 2.45) is 0 Å². The Balaban J connectivity index is 3.11. The smallest absolute Gasteiger partial charge is 0.209 e. The Labute approximate surface area is 131 Å². The van der Waals surface area contributed by atoms with Crippen LogP contribution in [0.15, 0.2) is 30.3 Å². The van der Waals surface area contributed by atoms with E-state index in [1.807, 2.05) is 0 Å². The number of rotatable bonds is 5. The Morgan fingerprint density at radius 3 is 2.11 bits per heavy atom. The van der Waals surface area contributed by atoms with E-state index in [0.29, 0.717) is 17.6 Å². The van der Waals surface area contributed by atoms with Crippen LogP contribution in [0, 0.1) is 0 Å². The first kappa shape index (κ1) is 16.5. The molecule has 0 saturated heterocycles. The highest BCUT2D eigenvalue weighted by atomic mass is 35.5. The molecule has 0 N–H and O–H groups in total. The molecule has 1 aromatic rings. The van der Waals surface area contributed by atoms with Crippen LogP contribution in [-0.4, -0.2) is 23.2 Å². The minimum Gasteiger partial charge on any atom is -0.209 e. The van der Waals surface area contributed by atoms with Gasteiger partial charge in [-0.2, -0.15) is 0 Å². The van der Waals surface area contributed by atoms with E-state index in [-0.39, 0.29) is 0 Å². The molecule has 0 aliphatic rings. The maximum Gasteiger partial charge on any atom is 0.241 e. The third-order valence-electron chi connectivity index (χ3n) is 1.73. The van der Waals surface area contributed by atoms with Gasteiger partial charge in [0, 0.05) is 11.9 Å². The van der Waals surface area contributed by atoms with Crippen LogP contribution in [0.1, 0.15) is 0 Å². The monoisotopic (exact) mass is 367 g/mol. The van der Waals surface area contributed by atoms with Crippen molar-refractivity contribution in [3.63, 3.8) is 0 Å². The number of hydrogen-bond acceptors (Lipinski definition) is 3. The summed E-state index contributed by atoms with van der Waals surface area (Å²) in [6.07, 6.45) is 1.04. The molecule has 0 aliphatic carbocycles. The van der Waals surface area contributed by atoms with Gasteiger partial charge in [0.15, 0.2) is 4.84 Å². The van der Waals surface area contributed by atoms with Gasteiger partial charge >= 0.3 is 0 Å². The second-order valence-electron chi connectivity index (χ2n) is 3.28. The zero-order valence-electron chi connectivity index (χ0n) is 9.06. The average Bonchev–Trinajstić information content (AvgIpc) is 2.25. The average molecular weight is 369 g/mol. The summed E-state index contributed by atoms with van der Waals surface area (Å²) in [4.78, 5) is -1.15. The molecule has 0 bridgehead atoms. The quantitative estimate of drug-likeness (QED) is 0.581. The third kappa shape index (κ3) is 4.54. The standard InChI is InChI=1S/C9H9Cl4NO2S2/c1-18(15,16)14(7-5-3-2-4-6-7)17-9(12,13)8(10)11/h2-6,8H,1H3. The fourth-order valence-electron chi connectivity index (χ4n) is 1.01. The maximum absolute atomic E-state index is 11.7. The van der Waals surface area contributed by atoms with Crippen molar-refractivity contribution in [2.75, 3.05) is 9.97 Å². The molecule has 0 aromatic heterocycles.